The third-order valence-electron chi connectivity index (χ3n) is 4.13. The van der Waals surface area contributed by atoms with E-state index in [1.54, 1.807) is 0 Å². The third-order valence-corrected chi connectivity index (χ3v) is 5.03. The number of aromatic nitrogens is 3. The summed E-state index contributed by atoms with van der Waals surface area (Å²) >= 11 is 0. The van der Waals surface area contributed by atoms with E-state index in [9.17, 15) is 8.42 Å². The van der Waals surface area contributed by atoms with Gasteiger partial charge < -0.3 is 10.7 Å². The standard InChI is InChI=1S/C18H16N4O2S/c1-25(23,24)18-21-15-14-12(10-11-6-3-2-4-7-11)8-5-9-13(14)20-17(19)16(15)22-18/h2-9H,10H2,1H3,(H2,19,20)(H,21,22). The van der Waals surface area contributed by atoms with Crippen molar-refractivity contribution in [1.29, 1.82) is 0 Å². The Bertz CT molecular complexity index is 1200. The lowest BCUT2D eigenvalue weighted by Gasteiger charge is -2.08. The lowest BCUT2D eigenvalue weighted by Crippen LogP contribution is -1.99. The Balaban J connectivity index is 2.03. The molecule has 6 nitrogen and oxygen atoms in total. The fourth-order valence-corrected chi connectivity index (χ4v) is 3.54. The molecule has 2 heterocycles. The van der Waals surface area contributed by atoms with Crippen LogP contribution in [0.15, 0.2) is 53.7 Å². The van der Waals surface area contributed by atoms with Gasteiger partial charge in [-0.25, -0.2) is 18.4 Å². The molecule has 0 saturated heterocycles. The van der Waals surface area contributed by atoms with Gasteiger partial charge in [-0.3, -0.25) is 0 Å². The summed E-state index contributed by atoms with van der Waals surface area (Å²) in [5, 5.41) is 0.722. The Morgan fingerprint density at radius 2 is 1.80 bits per heavy atom. The Kier molecular flexibility index (Phi) is 3.47. The van der Waals surface area contributed by atoms with Crippen LogP contribution in [0.2, 0.25) is 0 Å². The molecule has 0 aliphatic carbocycles. The molecule has 4 aromatic rings. The summed E-state index contributed by atoms with van der Waals surface area (Å²) in [4.78, 5) is 11.5. The van der Waals surface area contributed by atoms with Gasteiger partial charge >= 0.3 is 0 Å². The van der Waals surface area contributed by atoms with Crippen LogP contribution in [-0.2, 0) is 16.3 Å². The summed E-state index contributed by atoms with van der Waals surface area (Å²) in [6.07, 6.45) is 1.81. The first-order chi connectivity index (χ1) is 11.9. The van der Waals surface area contributed by atoms with Gasteiger partial charge in [0, 0.05) is 11.6 Å². The SMILES string of the molecule is CS(=O)(=O)c1nc2c([nH]1)c(N)nc1cccc(Cc3ccccc3)c12. The molecule has 4 rings (SSSR count). The quantitative estimate of drug-likeness (QED) is 0.590. The fourth-order valence-electron chi connectivity index (χ4n) is 3.00. The number of benzene rings is 2. The molecule has 3 N–H and O–H groups in total. The predicted octanol–water partition coefficient (Wildman–Crippen LogP) is 2.69. The molecule has 7 heteroatoms. The number of imidazole rings is 1. The van der Waals surface area contributed by atoms with Gasteiger partial charge in [0.25, 0.3) is 0 Å². The van der Waals surface area contributed by atoms with E-state index in [2.05, 4.69) is 15.0 Å². The number of nitrogen functional groups attached to an aromatic ring is 1. The molecule has 0 radical (unpaired) electrons. The summed E-state index contributed by atoms with van der Waals surface area (Å²) in [6, 6.07) is 15.8. The molecule has 0 atom stereocenters. The number of aromatic amines is 1. The van der Waals surface area contributed by atoms with Crippen LogP contribution in [0.3, 0.4) is 0 Å². The highest BCUT2D eigenvalue weighted by atomic mass is 32.2. The molecule has 0 fully saturated rings. The van der Waals surface area contributed by atoms with Crippen LogP contribution in [0.25, 0.3) is 21.9 Å². The number of hydrogen-bond acceptors (Lipinski definition) is 5. The van der Waals surface area contributed by atoms with Gasteiger partial charge in [-0.05, 0) is 23.6 Å². The minimum Gasteiger partial charge on any atom is -0.382 e. The molecule has 0 spiro atoms. The van der Waals surface area contributed by atoms with Crippen LogP contribution in [0.1, 0.15) is 11.1 Å². The van der Waals surface area contributed by atoms with E-state index in [-0.39, 0.29) is 11.0 Å². The van der Waals surface area contributed by atoms with E-state index in [1.807, 2.05) is 48.5 Å². The highest BCUT2D eigenvalue weighted by molar-refractivity contribution is 7.90. The summed E-state index contributed by atoms with van der Waals surface area (Å²) in [6.45, 7) is 0. The monoisotopic (exact) mass is 352 g/mol. The number of pyridine rings is 1. The lowest BCUT2D eigenvalue weighted by molar-refractivity contribution is 0.595. The molecule has 0 aliphatic rings. The van der Waals surface area contributed by atoms with E-state index >= 15 is 0 Å². The number of nitrogens with one attached hydrogen (secondary N) is 1. The second-order valence-electron chi connectivity index (χ2n) is 6.01. The zero-order valence-corrected chi connectivity index (χ0v) is 14.3. The van der Waals surface area contributed by atoms with E-state index in [0.29, 0.717) is 23.0 Å². The van der Waals surface area contributed by atoms with Crippen molar-refractivity contribution >= 4 is 37.6 Å². The van der Waals surface area contributed by atoms with Crippen molar-refractivity contribution in [3.05, 3.63) is 59.7 Å². The van der Waals surface area contributed by atoms with Crippen molar-refractivity contribution < 1.29 is 8.42 Å². The highest BCUT2D eigenvalue weighted by Gasteiger charge is 2.19. The predicted molar refractivity (Wildman–Crippen MR) is 98.2 cm³/mol. The lowest BCUT2D eigenvalue weighted by atomic mass is 10.00. The minimum absolute atomic E-state index is 0.0991. The molecule has 0 unspecified atom stereocenters. The fraction of sp³-hybridized carbons (Fsp3) is 0.111. The number of nitrogens with two attached hydrogens (primary N) is 1. The summed E-state index contributed by atoms with van der Waals surface area (Å²) in [5.41, 5.74) is 9.87. The van der Waals surface area contributed by atoms with Gasteiger partial charge in [0.15, 0.2) is 0 Å². The van der Waals surface area contributed by atoms with Gasteiger partial charge in [0.2, 0.25) is 15.0 Å². The average Bonchev–Trinajstić information content (AvgIpc) is 3.02. The largest absolute Gasteiger partial charge is 0.382 e. The molecule has 0 amide bonds. The number of nitrogens with zero attached hydrogens (tertiary/aromatic N) is 2. The summed E-state index contributed by atoms with van der Waals surface area (Å²) in [5.74, 6) is 0.238. The Morgan fingerprint density at radius 1 is 1.04 bits per heavy atom. The van der Waals surface area contributed by atoms with Crippen LogP contribution in [0.4, 0.5) is 5.82 Å². The molecule has 0 bridgehead atoms. The van der Waals surface area contributed by atoms with Crippen LogP contribution in [0.5, 0.6) is 0 Å². The van der Waals surface area contributed by atoms with Crippen molar-refractivity contribution in [2.45, 2.75) is 11.6 Å². The van der Waals surface area contributed by atoms with Crippen molar-refractivity contribution in [3.8, 4) is 0 Å². The second kappa shape index (κ2) is 5.56. The van der Waals surface area contributed by atoms with E-state index in [0.717, 1.165) is 22.8 Å². The number of sulfone groups is 1. The maximum atomic E-state index is 11.9. The Labute approximate surface area is 144 Å². The van der Waals surface area contributed by atoms with Crippen molar-refractivity contribution in [2.75, 3.05) is 12.0 Å². The normalized spacial score (nSPS) is 12.0. The number of hydrogen-bond donors (Lipinski definition) is 2. The number of fused-ring (bicyclic) bond motifs is 3. The van der Waals surface area contributed by atoms with Crippen LogP contribution < -0.4 is 5.73 Å². The third kappa shape index (κ3) is 2.72. The number of anilines is 1. The molecule has 0 aliphatic heterocycles. The second-order valence-corrected chi connectivity index (χ2v) is 7.94. The molecule has 25 heavy (non-hydrogen) atoms. The first kappa shape index (κ1) is 15.6. The minimum atomic E-state index is -3.47. The van der Waals surface area contributed by atoms with Crippen molar-refractivity contribution in [1.82, 2.24) is 15.0 Å². The topological polar surface area (TPSA) is 102 Å². The van der Waals surface area contributed by atoms with Crippen LogP contribution >= 0.6 is 0 Å². The van der Waals surface area contributed by atoms with E-state index < -0.39 is 9.84 Å². The van der Waals surface area contributed by atoms with Crippen molar-refractivity contribution in [3.63, 3.8) is 0 Å². The molecule has 126 valence electrons. The smallest absolute Gasteiger partial charge is 0.225 e. The van der Waals surface area contributed by atoms with Gasteiger partial charge in [-0.15, -0.1) is 0 Å². The Hall–Kier alpha value is -2.93. The molecule has 2 aromatic heterocycles. The zero-order chi connectivity index (χ0) is 17.6. The van der Waals surface area contributed by atoms with E-state index in [4.69, 9.17) is 5.73 Å². The van der Waals surface area contributed by atoms with Gasteiger partial charge in [0.05, 0.1) is 5.52 Å². The molecule has 2 aromatic carbocycles. The number of H-pyrrole nitrogens is 1. The first-order valence-electron chi connectivity index (χ1n) is 7.74. The maximum Gasteiger partial charge on any atom is 0.225 e. The highest BCUT2D eigenvalue weighted by Crippen LogP contribution is 2.30. The zero-order valence-electron chi connectivity index (χ0n) is 13.5. The molecule has 0 saturated carbocycles. The average molecular weight is 352 g/mol. The molecular formula is C18H16N4O2S. The Morgan fingerprint density at radius 3 is 2.52 bits per heavy atom. The van der Waals surface area contributed by atoms with Crippen molar-refractivity contribution in [2.24, 2.45) is 0 Å². The van der Waals surface area contributed by atoms with Gasteiger partial charge in [-0.2, -0.15) is 0 Å². The van der Waals surface area contributed by atoms with E-state index in [1.165, 1.54) is 0 Å². The van der Waals surface area contributed by atoms with Gasteiger partial charge in [-0.1, -0.05) is 42.5 Å². The number of rotatable bonds is 3. The van der Waals surface area contributed by atoms with Crippen LogP contribution in [0, 0.1) is 0 Å². The maximum absolute atomic E-state index is 11.9. The summed E-state index contributed by atoms with van der Waals surface area (Å²) < 4.78 is 23.7. The summed E-state index contributed by atoms with van der Waals surface area (Å²) in [7, 11) is -3.47. The van der Waals surface area contributed by atoms with Gasteiger partial charge in [0.1, 0.15) is 16.9 Å². The first-order valence-corrected chi connectivity index (χ1v) is 9.63. The van der Waals surface area contributed by atoms with Crippen LogP contribution in [-0.4, -0.2) is 29.6 Å². The molecular weight excluding hydrogens is 336 g/mol.